The molecule has 7 nitrogen and oxygen atoms in total. The van der Waals surface area contributed by atoms with Gasteiger partial charge in [0.1, 0.15) is 0 Å². The first-order valence-corrected chi connectivity index (χ1v) is 10.7. The van der Waals surface area contributed by atoms with Crippen LogP contribution in [-0.4, -0.2) is 41.6 Å². The van der Waals surface area contributed by atoms with E-state index in [0.29, 0.717) is 29.7 Å². The van der Waals surface area contributed by atoms with Crippen LogP contribution >= 0.6 is 22.9 Å². The number of hydrogen-bond acceptors (Lipinski definition) is 6. The van der Waals surface area contributed by atoms with E-state index in [1.54, 1.807) is 4.90 Å². The van der Waals surface area contributed by atoms with Gasteiger partial charge in [-0.25, -0.2) is 0 Å². The van der Waals surface area contributed by atoms with Crippen LogP contribution in [0.5, 0.6) is 0 Å². The van der Waals surface area contributed by atoms with E-state index in [9.17, 15) is 9.59 Å². The number of piperidine rings is 1. The van der Waals surface area contributed by atoms with Crippen LogP contribution in [0.1, 0.15) is 31.2 Å². The van der Waals surface area contributed by atoms with Crippen LogP contribution in [0.2, 0.25) is 5.02 Å². The van der Waals surface area contributed by atoms with Crippen molar-refractivity contribution in [3.8, 4) is 0 Å². The van der Waals surface area contributed by atoms with Crippen molar-refractivity contribution in [2.24, 2.45) is 5.92 Å². The zero-order valence-corrected chi connectivity index (χ0v) is 17.2. The summed E-state index contributed by atoms with van der Waals surface area (Å²) >= 11 is 7.57. The third-order valence-electron chi connectivity index (χ3n) is 5.30. The smallest absolute Gasteiger partial charge is 0.229 e. The lowest BCUT2D eigenvalue weighted by molar-refractivity contribution is -0.120. The van der Waals surface area contributed by atoms with Crippen LogP contribution in [0.25, 0.3) is 0 Å². The van der Waals surface area contributed by atoms with Gasteiger partial charge in [0.05, 0.1) is 5.92 Å². The molecule has 148 valence electrons. The van der Waals surface area contributed by atoms with Crippen molar-refractivity contribution in [3.63, 3.8) is 0 Å². The first kappa shape index (κ1) is 19.1. The van der Waals surface area contributed by atoms with E-state index in [1.807, 2.05) is 25.1 Å². The highest BCUT2D eigenvalue weighted by atomic mass is 35.5. The molecule has 2 aliphatic heterocycles. The minimum Gasteiger partial charge on any atom is -0.346 e. The number of aromatic nitrogens is 2. The van der Waals surface area contributed by atoms with Crippen LogP contribution in [0.4, 0.5) is 16.0 Å². The van der Waals surface area contributed by atoms with Crippen LogP contribution in [0.15, 0.2) is 18.2 Å². The summed E-state index contributed by atoms with van der Waals surface area (Å²) < 4.78 is 0. The molecule has 0 aliphatic carbocycles. The van der Waals surface area contributed by atoms with E-state index >= 15 is 0 Å². The van der Waals surface area contributed by atoms with Gasteiger partial charge in [0, 0.05) is 36.8 Å². The van der Waals surface area contributed by atoms with Crippen LogP contribution in [-0.2, 0) is 9.59 Å². The fourth-order valence-corrected chi connectivity index (χ4v) is 4.74. The summed E-state index contributed by atoms with van der Waals surface area (Å²) in [4.78, 5) is 28.5. The molecule has 0 radical (unpaired) electrons. The lowest BCUT2D eigenvalue weighted by Crippen LogP contribution is -2.40. The van der Waals surface area contributed by atoms with Gasteiger partial charge >= 0.3 is 0 Å². The Hall–Kier alpha value is -2.19. The second-order valence-corrected chi connectivity index (χ2v) is 8.54. The minimum absolute atomic E-state index is 0.00507. The first-order valence-electron chi connectivity index (χ1n) is 9.47. The zero-order valence-electron chi connectivity index (χ0n) is 15.7. The van der Waals surface area contributed by atoms with Gasteiger partial charge in [-0.2, -0.15) is 0 Å². The highest BCUT2D eigenvalue weighted by molar-refractivity contribution is 7.19. The summed E-state index contributed by atoms with van der Waals surface area (Å²) in [5, 5.41) is 13.5. The van der Waals surface area contributed by atoms with Crippen molar-refractivity contribution < 1.29 is 9.59 Å². The molecule has 1 aromatic carbocycles. The van der Waals surface area contributed by atoms with Gasteiger partial charge in [-0.1, -0.05) is 29.0 Å². The van der Waals surface area contributed by atoms with Gasteiger partial charge < -0.3 is 10.2 Å². The maximum atomic E-state index is 12.8. The summed E-state index contributed by atoms with van der Waals surface area (Å²) in [7, 11) is 0. The topological polar surface area (TPSA) is 78.4 Å². The Kier molecular flexibility index (Phi) is 5.50. The van der Waals surface area contributed by atoms with Crippen LogP contribution in [0, 0.1) is 12.8 Å². The van der Waals surface area contributed by atoms with Gasteiger partial charge in [0.15, 0.2) is 0 Å². The van der Waals surface area contributed by atoms with Gasteiger partial charge in [-0.3, -0.25) is 14.5 Å². The average molecular weight is 420 g/mol. The lowest BCUT2D eigenvalue weighted by Gasteiger charge is -2.31. The predicted octanol–water partition coefficient (Wildman–Crippen LogP) is 3.48. The molecule has 2 aliphatic rings. The van der Waals surface area contributed by atoms with E-state index in [-0.39, 0.29) is 17.7 Å². The SMILES string of the molecule is Cc1c(Cl)cccc1NC(=O)[C@H]1CCCN(c2nnc(N3CCCC3=O)s2)C1. The van der Waals surface area contributed by atoms with E-state index < -0.39 is 0 Å². The van der Waals surface area contributed by atoms with Gasteiger partial charge in [-0.15, -0.1) is 10.2 Å². The molecule has 0 spiro atoms. The highest BCUT2D eigenvalue weighted by Gasteiger charge is 2.30. The lowest BCUT2D eigenvalue weighted by atomic mass is 9.97. The van der Waals surface area contributed by atoms with Crippen LogP contribution < -0.4 is 15.1 Å². The van der Waals surface area contributed by atoms with E-state index in [0.717, 1.165) is 42.2 Å². The number of carbonyl (C=O) groups is 2. The molecule has 9 heteroatoms. The molecular formula is C19H22ClN5O2S. The van der Waals surface area contributed by atoms with Crippen molar-refractivity contribution in [2.45, 2.75) is 32.6 Å². The number of hydrogen-bond donors (Lipinski definition) is 1. The molecule has 1 N–H and O–H groups in total. The number of benzene rings is 1. The van der Waals surface area contributed by atoms with Gasteiger partial charge in [0.25, 0.3) is 0 Å². The maximum absolute atomic E-state index is 12.8. The van der Waals surface area contributed by atoms with Crippen molar-refractivity contribution in [3.05, 3.63) is 28.8 Å². The average Bonchev–Trinajstić information content (AvgIpc) is 3.34. The number of rotatable bonds is 4. The molecule has 2 fully saturated rings. The summed E-state index contributed by atoms with van der Waals surface area (Å²) in [5.41, 5.74) is 1.62. The Labute approximate surface area is 172 Å². The Bertz CT molecular complexity index is 902. The molecule has 2 aromatic rings. The Balaban J connectivity index is 1.43. The molecule has 2 saturated heterocycles. The third-order valence-corrected chi connectivity index (χ3v) is 6.71. The molecule has 28 heavy (non-hydrogen) atoms. The molecule has 3 heterocycles. The largest absolute Gasteiger partial charge is 0.346 e. The number of anilines is 3. The number of halogens is 1. The number of amides is 2. The highest BCUT2D eigenvalue weighted by Crippen LogP contribution is 2.32. The summed E-state index contributed by atoms with van der Waals surface area (Å²) in [6, 6.07) is 5.51. The molecule has 2 amide bonds. The van der Waals surface area contributed by atoms with E-state index in [4.69, 9.17) is 11.6 Å². The summed E-state index contributed by atoms with van der Waals surface area (Å²) in [6.45, 7) is 4.03. The monoisotopic (exact) mass is 419 g/mol. The molecule has 0 bridgehead atoms. The quantitative estimate of drug-likeness (QED) is 0.820. The van der Waals surface area contributed by atoms with Crippen molar-refractivity contribution in [1.82, 2.24) is 10.2 Å². The van der Waals surface area contributed by atoms with Crippen molar-refractivity contribution in [2.75, 3.05) is 34.8 Å². The maximum Gasteiger partial charge on any atom is 0.229 e. The van der Waals surface area contributed by atoms with E-state index in [2.05, 4.69) is 20.4 Å². The summed E-state index contributed by atoms with van der Waals surface area (Å²) in [6.07, 6.45) is 3.18. The van der Waals surface area contributed by atoms with Crippen LogP contribution in [0.3, 0.4) is 0 Å². The number of carbonyl (C=O) groups excluding carboxylic acids is 2. The molecule has 1 aromatic heterocycles. The second-order valence-electron chi connectivity index (χ2n) is 7.20. The molecule has 1 atom stereocenters. The first-order chi connectivity index (χ1) is 13.5. The fourth-order valence-electron chi connectivity index (χ4n) is 3.64. The normalized spacial score (nSPS) is 19.9. The Morgan fingerprint density at radius 2 is 2.07 bits per heavy atom. The van der Waals surface area contributed by atoms with Gasteiger partial charge in [-0.05, 0) is 43.9 Å². The van der Waals surface area contributed by atoms with Crippen molar-refractivity contribution >= 4 is 50.7 Å². The Morgan fingerprint density at radius 3 is 2.86 bits per heavy atom. The minimum atomic E-state index is -0.132. The van der Waals surface area contributed by atoms with E-state index in [1.165, 1.54) is 11.3 Å². The van der Waals surface area contributed by atoms with Crippen molar-refractivity contribution in [1.29, 1.82) is 0 Å². The zero-order chi connectivity index (χ0) is 19.7. The molecule has 0 unspecified atom stereocenters. The predicted molar refractivity (Wildman–Crippen MR) is 111 cm³/mol. The number of nitrogens with one attached hydrogen (secondary N) is 1. The molecule has 0 saturated carbocycles. The second kappa shape index (κ2) is 8.05. The standard InChI is InChI=1S/C19H22ClN5O2S/c1-12-14(20)6-2-7-15(12)21-17(27)13-5-3-9-24(11-13)18-22-23-19(28-18)25-10-4-8-16(25)26/h2,6-7,13H,3-5,8-11H2,1H3,(H,21,27)/t13-/m0/s1. The summed E-state index contributed by atoms with van der Waals surface area (Å²) in [5.74, 6) is -0.0297. The van der Waals surface area contributed by atoms with Gasteiger partial charge in [0.2, 0.25) is 22.1 Å². The molecular weight excluding hydrogens is 398 g/mol. The number of nitrogens with zero attached hydrogens (tertiary/aromatic N) is 4. The Morgan fingerprint density at radius 1 is 1.25 bits per heavy atom. The molecule has 4 rings (SSSR count). The fraction of sp³-hybridized carbons (Fsp3) is 0.474. The third kappa shape index (κ3) is 3.84.